The molecule has 4 heteroatoms. The van der Waals surface area contributed by atoms with Gasteiger partial charge in [-0.15, -0.1) is 11.8 Å². The van der Waals surface area contributed by atoms with E-state index >= 15 is 0 Å². The maximum atomic E-state index is 8.95. The van der Waals surface area contributed by atoms with Crippen molar-refractivity contribution in [2.75, 3.05) is 5.75 Å². The lowest BCUT2D eigenvalue weighted by Crippen LogP contribution is -2.37. The molecule has 1 atom stereocenters. The molecule has 0 aliphatic rings. The van der Waals surface area contributed by atoms with Crippen LogP contribution in [0, 0.1) is 11.3 Å². The molecule has 1 aromatic rings. The molecular weight excluding hydrogens is 296 g/mol. The summed E-state index contributed by atoms with van der Waals surface area (Å²) in [4.78, 5) is 1.25. The minimum atomic E-state index is -0.639. The van der Waals surface area contributed by atoms with Gasteiger partial charge in [-0.3, -0.25) is 0 Å². The molecule has 1 unspecified atom stereocenters. The molecule has 2 nitrogen and oxygen atoms in total. The number of nitrogens with zero attached hydrogens (tertiary/aromatic N) is 1. The molecule has 1 aromatic carbocycles. The minimum absolute atomic E-state index is 0.639. The zero-order valence-corrected chi connectivity index (χ0v) is 12.4. The summed E-state index contributed by atoms with van der Waals surface area (Å²) < 4.78 is 1.10. The Morgan fingerprint density at radius 3 is 2.59 bits per heavy atom. The van der Waals surface area contributed by atoms with Crippen molar-refractivity contribution in [1.82, 2.24) is 0 Å². The van der Waals surface area contributed by atoms with E-state index in [9.17, 15) is 0 Å². The summed E-state index contributed by atoms with van der Waals surface area (Å²) in [6, 6.07) is 10.5. The highest BCUT2D eigenvalue weighted by atomic mass is 79.9. The van der Waals surface area contributed by atoms with Gasteiger partial charge in [0.2, 0.25) is 0 Å². The van der Waals surface area contributed by atoms with Crippen molar-refractivity contribution in [3.8, 4) is 6.07 Å². The zero-order valence-electron chi connectivity index (χ0n) is 9.95. The second-order valence-electron chi connectivity index (χ2n) is 4.03. The summed E-state index contributed by atoms with van der Waals surface area (Å²) >= 11 is 5.22. The lowest BCUT2D eigenvalue weighted by Gasteiger charge is -2.18. The van der Waals surface area contributed by atoms with Gasteiger partial charge in [-0.05, 0) is 49.3 Å². The first kappa shape index (κ1) is 14.6. The molecule has 0 heterocycles. The van der Waals surface area contributed by atoms with Gasteiger partial charge in [-0.25, -0.2) is 0 Å². The Morgan fingerprint density at radius 2 is 2.06 bits per heavy atom. The monoisotopic (exact) mass is 312 g/mol. The molecule has 0 aliphatic carbocycles. The van der Waals surface area contributed by atoms with Gasteiger partial charge in [-0.1, -0.05) is 22.9 Å². The standard InChI is InChI=1S/C13H17BrN2S/c1-2-13(16,10-15)8-3-9-17-12-6-4-11(14)5-7-12/h4-7H,2-3,8-9,16H2,1H3. The van der Waals surface area contributed by atoms with Crippen LogP contribution in [0.15, 0.2) is 33.6 Å². The number of hydrogen-bond donors (Lipinski definition) is 1. The Kier molecular flexibility index (Phi) is 6.04. The van der Waals surface area contributed by atoms with Gasteiger partial charge in [0.05, 0.1) is 6.07 Å². The summed E-state index contributed by atoms with van der Waals surface area (Å²) in [5.41, 5.74) is 5.28. The quantitative estimate of drug-likeness (QED) is 0.639. The van der Waals surface area contributed by atoms with E-state index < -0.39 is 5.54 Å². The summed E-state index contributed by atoms with van der Waals surface area (Å²) in [6.45, 7) is 1.96. The Hall–Kier alpha value is -0.500. The molecule has 0 saturated carbocycles. The highest BCUT2D eigenvalue weighted by molar-refractivity contribution is 9.10. The summed E-state index contributed by atoms with van der Waals surface area (Å²) in [6.07, 6.45) is 2.45. The van der Waals surface area contributed by atoms with E-state index in [0.717, 1.165) is 23.1 Å². The fourth-order valence-electron chi connectivity index (χ4n) is 1.42. The number of hydrogen-bond acceptors (Lipinski definition) is 3. The fourth-order valence-corrected chi connectivity index (χ4v) is 2.54. The maximum absolute atomic E-state index is 8.95. The van der Waals surface area contributed by atoms with Crippen molar-refractivity contribution >= 4 is 27.7 Å². The second kappa shape index (κ2) is 7.05. The SMILES string of the molecule is CCC(N)(C#N)CCCSc1ccc(Br)cc1. The van der Waals surface area contributed by atoms with Crippen molar-refractivity contribution in [2.45, 2.75) is 36.6 Å². The van der Waals surface area contributed by atoms with Crippen LogP contribution in [0.1, 0.15) is 26.2 Å². The zero-order chi connectivity index (χ0) is 12.7. The van der Waals surface area contributed by atoms with E-state index in [4.69, 9.17) is 11.0 Å². The van der Waals surface area contributed by atoms with Gasteiger partial charge in [-0.2, -0.15) is 5.26 Å². The van der Waals surface area contributed by atoms with Gasteiger partial charge in [0.25, 0.3) is 0 Å². The van der Waals surface area contributed by atoms with Gasteiger partial charge in [0, 0.05) is 9.37 Å². The Labute approximate surface area is 116 Å². The van der Waals surface area contributed by atoms with E-state index in [-0.39, 0.29) is 0 Å². The van der Waals surface area contributed by atoms with Crippen LogP contribution in [0.3, 0.4) is 0 Å². The summed E-state index contributed by atoms with van der Waals surface area (Å²) in [7, 11) is 0. The van der Waals surface area contributed by atoms with Crippen LogP contribution in [0.25, 0.3) is 0 Å². The van der Waals surface area contributed by atoms with Gasteiger partial charge >= 0.3 is 0 Å². The molecule has 2 N–H and O–H groups in total. The third-order valence-corrected chi connectivity index (χ3v) is 4.33. The van der Waals surface area contributed by atoms with Crippen molar-refractivity contribution in [3.63, 3.8) is 0 Å². The predicted octanol–water partition coefficient (Wildman–Crippen LogP) is 3.95. The van der Waals surface area contributed by atoms with Gasteiger partial charge < -0.3 is 5.73 Å². The predicted molar refractivity (Wildman–Crippen MR) is 76.9 cm³/mol. The largest absolute Gasteiger partial charge is 0.313 e. The topological polar surface area (TPSA) is 49.8 Å². The van der Waals surface area contributed by atoms with Gasteiger partial charge in [0.1, 0.15) is 5.54 Å². The average Bonchev–Trinajstić information content (AvgIpc) is 2.36. The third kappa shape index (κ3) is 5.12. The normalized spacial score (nSPS) is 14.0. The van der Waals surface area contributed by atoms with E-state index in [0.29, 0.717) is 6.42 Å². The van der Waals surface area contributed by atoms with Crippen molar-refractivity contribution in [2.24, 2.45) is 5.73 Å². The van der Waals surface area contributed by atoms with Gasteiger partial charge in [0.15, 0.2) is 0 Å². The fraction of sp³-hybridized carbons (Fsp3) is 0.462. The molecule has 0 saturated heterocycles. The molecule has 0 spiro atoms. The molecule has 0 radical (unpaired) electrons. The van der Waals surface area contributed by atoms with E-state index in [2.05, 4.69) is 34.1 Å². The first-order valence-electron chi connectivity index (χ1n) is 5.68. The summed E-state index contributed by atoms with van der Waals surface area (Å²) in [5.74, 6) is 1.00. The number of halogens is 1. The minimum Gasteiger partial charge on any atom is -0.313 e. The highest BCUT2D eigenvalue weighted by Gasteiger charge is 2.20. The smallest absolute Gasteiger partial charge is 0.104 e. The summed E-state index contributed by atoms with van der Waals surface area (Å²) in [5, 5.41) is 8.95. The Balaban J connectivity index is 2.29. The average molecular weight is 313 g/mol. The van der Waals surface area contributed by atoms with E-state index in [1.807, 2.05) is 19.1 Å². The van der Waals surface area contributed by atoms with Crippen LogP contribution >= 0.6 is 27.7 Å². The maximum Gasteiger partial charge on any atom is 0.104 e. The first-order valence-corrected chi connectivity index (χ1v) is 7.46. The van der Waals surface area contributed by atoms with Crippen LogP contribution in [-0.4, -0.2) is 11.3 Å². The molecule has 17 heavy (non-hydrogen) atoms. The molecule has 0 amide bonds. The Bertz CT molecular complexity index is 385. The molecule has 0 bridgehead atoms. The van der Waals surface area contributed by atoms with E-state index in [1.165, 1.54) is 4.90 Å². The number of nitrogens with two attached hydrogens (primary N) is 1. The van der Waals surface area contributed by atoms with Crippen molar-refractivity contribution < 1.29 is 0 Å². The van der Waals surface area contributed by atoms with Crippen molar-refractivity contribution in [3.05, 3.63) is 28.7 Å². The third-order valence-electron chi connectivity index (χ3n) is 2.70. The van der Waals surface area contributed by atoms with Crippen molar-refractivity contribution in [1.29, 1.82) is 5.26 Å². The second-order valence-corrected chi connectivity index (χ2v) is 6.11. The van der Waals surface area contributed by atoms with E-state index in [1.54, 1.807) is 11.8 Å². The molecule has 0 aliphatic heterocycles. The number of benzene rings is 1. The molecule has 0 aromatic heterocycles. The first-order chi connectivity index (χ1) is 8.09. The van der Waals surface area contributed by atoms with Crippen LogP contribution in [0.2, 0.25) is 0 Å². The van der Waals surface area contributed by atoms with Crippen LogP contribution in [0.5, 0.6) is 0 Å². The lowest BCUT2D eigenvalue weighted by molar-refractivity contribution is 0.478. The number of thioether (sulfide) groups is 1. The molecule has 1 rings (SSSR count). The van der Waals surface area contributed by atoms with Crippen LogP contribution < -0.4 is 5.73 Å². The molecule has 92 valence electrons. The Morgan fingerprint density at radius 1 is 1.41 bits per heavy atom. The molecular formula is C13H17BrN2S. The number of nitriles is 1. The number of rotatable bonds is 6. The lowest BCUT2D eigenvalue weighted by atomic mass is 9.94. The highest BCUT2D eigenvalue weighted by Crippen LogP contribution is 2.23. The van der Waals surface area contributed by atoms with Crippen LogP contribution in [0.4, 0.5) is 0 Å². The van der Waals surface area contributed by atoms with Crippen LogP contribution in [-0.2, 0) is 0 Å². The molecule has 0 fully saturated rings.